The van der Waals surface area contributed by atoms with Crippen molar-refractivity contribution in [2.45, 2.75) is 32.5 Å². The number of rotatable bonds is 1. The Morgan fingerprint density at radius 3 is 2.45 bits per heavy atom. The molecule has 110 valence electrons. The molecular weight excluding hydrogens is 299 g/mol. The quantitative estimate of drug-likeness (QED) is 0.809. The van der Waals surface area contributed by atoms with E-state index in [2.05, 4.69) is 0 Å². The zero-order chi connectivity index (χ0) is 15.1. The first-order valence-corrected chi connectivity index (χ1v) is 7.17. The highest BCUT2D eigenvalue weighted by Gasteiger charge is 2.34. The van der Waals surface area contributed by atoms with Crippen molar-refractivity contribution in [3.05, 3.63) is 27.7 Å². The van der Waals surface area contributed by atoms with Crippen molar-refractivity contribution < 1.29 is 9.53 Å². The Morgan fingerprint density at radius 1 is 1.40 bits per heavy atom. The molecule has 1 unspecified atom stereocenters. The zero-order valence-corrected chi connectivity index (χ0v) is 13.3. The fourth-order valence-electron chi connectivity index (χ4n) is 2.50. The summed E-state index contributed by atoms with van der Waals surface area (Å²) in [7, 11) is 0. The van der Waals surface area contributed by atoms with Crippen LogP contribution in [0.4, 0.5) is 5.69 Å². The predicted molar refractivity (Wildman–Crippen MR) is 81.4 cm³/mol. The van der Waals surface area contributed by atoms with Crippen LogP contribution in [0.15, 0.2) is 12.1 Å². The summed E-state index contributed by atoms with van der Waals surface area (Å²) in [5.74, 6) is -0.114. The predicted octanol–water partition coefficient (Wildman–Crippen LogP) is 3.22. The molecule has 0 bridgehead atoms. The molecule has 1 aliphatic rings. The fraction of sp³-hybridized carbons (Fsp3) is 0.500. The summed E-state index contributed by atoms with van der Waals surface area (Å²) >= 11 is 12.0. The maximum atomic E-state index is 12.6. The summed E-state index contributed by atoms with van der Waals surface area (Å²) in [6.45, 7) is 6.94. The van der Waals surface area contributed by atoms with E-state index in [9.17, 15) is 4.79 Å². The van der Waals surface area contributed by atoms with Crippen molar-refractivity contribution in [2.75, 3.05) is 18.8 Å². The number of ether oxygens (including phenoxy) is 1. The van der Waals surface area contributed by atoms with Gasteiger partial charge >= 0.3 is 0 Å². The summed E-state index contributed by atoms with van der Waals surface area (Å²) < 4.78 is 5.79. The van der Waals surface area contributed by atoms with E-state index in [-0.39, 0.29) is 17.6 Å². The largest absolute Gasteiger partial charge is 0.396 e. The molecule has 20 heavy (non-hydrogen) atoms. The standard InChI is InChI=1S/C14H18Cl2N2O2/c1-8-6-18(7-14(2,3)20-8)13(19)9-4-10(15)12(17)11(16)5-9/h4-5,8H,6-7,17H2,1-3H3. The first-order chi connectivity index (χ1) is 9.19. The second-order valence-corrected chi connectivity index (χ2v) is 6.54. The van der Waals surface area contributed by atoms with Crippen LogP contribution in [0.3, 0.4) is 0 Å². The first-order valence-electron chi connectivity index (χ1n) is 6.41. The van der Waals surface area contributed by atoms with Gasteiger partial charge < -0.3 is 15.4 Å². The number of nitrogen functional groups attached to an aromatic ring is 1. The van der Waals surface area contributed by atoms with Gasteiger partial charge in [0.25, 0.3) is 5.91 Å². The third-order valence-electron chi connectivity index (χ3n) is 3.18. The molecule has 0 aliphatic carbocycles. The Morgan fingerprint density at radius 2 is 1.95 bits per heavy atom. The molecule has 1 saturated heterocycles. The summed E-state index contributed by atoms with van der Waals surface area (Å²) in [4.78, 5) is 14.3. The third-order valence-corrected chi connectivity index (χ3v) is 3.81. The van der Waals surface area contributed by atoms with Crippen LogP contribution in [0.25, 0.3) is 0 Å². The lowest BCUT2D eigenvalue weighted by molar-refractivity contribution is -0.118. The maximum absolute atomic E-state index is 12.6. The van der Waals surface area contributed by atoms with Gasteiger partial charge in [-0.25, -0.2) is 0 Å². The van der Waals surface area contributed by atoms with Crippen LogP contribution in [0.5, 0.6) is 0 Å². The fourth-order valence-corrected chi connectivity index (χ4v) is 2.99. The molecule has 6 heteroatoms. The summed E-state index contributed by atoms with van der Waals surface area (Å²) in [6, 6.07) is 3.11. The highest BCUT2D eigenvalue weighted by Crippen LogP contribution is 2.30. The second kappa shape index (κ2) is 5.43. The van der Waals surface area contributed by atoms with Gasteiger partial charge in [0.05, 0.1) is 27.4 Å². The van der Waals surface area contributed by atoms with Gasteiger partial charge in [-0.15, -0.1) is 0 Å². The molecule has 1 heterocycles. The van der Waals surface area contributed by atoms with E-state index in [0.29, 0.717) is 34.4 Å². The number of nitrogens with two attached hydrogens (primary N) is 1. The molecule has 0 radical (unpaired) electrons. The molecule has 1 aromatic rings. The number of hydrogen-bond donors (Lipinski definition) is 1. The number of halogens is 2. The van der Waals surface area contributed by atoms with Crippen LogP contribution in [0.1, 0.15) is 31.1 Å². The number of amides is 1. The zero-order valence-electron chi connectivity index (χ0n) is 11.7. The van der Waals surface area contributed by atoms with Gasteiger partial charge in [0.1, 0.15) is 0 Å². The smallest absolute Gasteiger partial charge is 0.254 e. The van der Waals surface area contributed by atoms with Crippen LogP contribution in [0, 0.1) is 0 Å². The molecule has 1 amide bonds. The van der Waals surface area contributed by atoms with Gasteiger partial charge in [-0.2, -0.15) is 0 Å². The van der Waals surface area contributed by atoms with Gasteiger partial charge in [-0.05, 0) is 32.9 Å². The molecule has 2 N–H and O–H groups in total. The number of nitrogens with zero attached hydrogens (tertiary/aromatic N) is 1. The lowest BCUT2D eigenvalue weighted by Crippen LogP contribution is -2.53. The van der Waals surface area contributed by atoms with Gasteiger partial charge in [-0.3, -0.25) is 4.79 Å². The van der Waals surface area contributed by atoms with E-state index in [4.69, 9.17) is 33.7 Å². The van der Waals surface area contributed by atoms with Crippen molar-refractivity contribution in [1.29, 1.82) is 0 Å². The van der Waals surface area contributed by atoms with E-state index in [1.165, 1.54) is 0 Å². The van der Waals surface area contributed by atoms with Crippen molar-refractivity contribution >= 4 is 34.8 Å². The number of carbonyl (C=O) groups excluding carboxylic acids is 1. The number of benzene rings is 1. The monoisotopic (exact) mass is 316 g/mol. The molecule has 2 rings (SSSR count). The van der Waals surface area contributed by atoms with Crippen LogP contribution in [-0.4, -0.2) is 35.6 Å². The number of hydrogen-bond acceptors (Lipinski definition) is 3. The molecule has 1 aromatic carbocycles. The van der Waals surface area contributed by atoms with Crippen LogP contribution in [0.2, 0.25) is 10.0 Å². The minimum absolute atomic E-state index is 0.0116. The van der Waals surface area contributed by atoms with Crippen molar-refractivity contribution in [3.8, 4) is 0 Å². The summed E-state index contributed by atoms with van der Waals surface area (Å²) in [6.07, 6.45) is -0.0116. The Kier molecular flexibility index (Phi) is 4.19. The molecule has 0 spiro atoms. The normalized spacial score (nSPS) is 21.9. The topological polar surface area (TPSA) is 55.6 Å². The van der Waals surface area contributed by atoms with Crippen LogP contribution >= 0.6 is 23.2 Å². The average molecular weight is 317 g/mol. The molecule has 0 saturated carbocycles. The highest BCUT2D eigenvalue weighted by molar-refractivity contribution is 6.39. The van der Waals surface area contributed by atoms with Gasteiger partial charge in [-0.1, -0.05) is 23.2 Å². The van der Waals surface area contributed by atoms with E-state index in [1.807, 2.05) is 20.8 Å². The molecular formula is C14H18Cl2N2O2. The molecule has 1 atom stereocenters. The van der Waals surface area contributed by atoms with Gasteiger partial charge in [0.15, 0.2) is 0 Å². The van der Waals surface area contributed by atoms with Crippen molar-refractivity contribution in [1.82, 2.24) is 4.90 Å². The van der Waals surface area contributed by atoms with E-state index in [0.717, 1.165) is 0 Å². The number of carbonyl (C=O) groups is 1. The Labute approximate surface area is 128 Å². The first kappa shape index (κ1) is 15.4. The van der Waals surface area contributed by atoms with E-state index in [1.54, 1.807) is 17.0 Å². The van der Waals surface area contributed by atoms with E-state index < -0.39 is 0 Å². The summed E-state index contributed by atoms with van der Waals surface area (Å²) in [5, 5.41) is 0.586. The van der Waals surface area contributed by atoms with Crippen LogP contribution < -0.4 is 5.73 Å². The van der Waals surface area contributed by atoms with Crippen molar-refractivity contribution in [3.63, 3.8) is 0 Å². The van der Waals surface area contributed by atoms with E-state index >= 15 is 0 Å². The summed E-state index contributed by atoms with van der Waals surface area (Å²) in [5.41, 5.74) is 6.06. The lowest BCUT2D eigenvalue weighted by atomic mass is 10.0. The average Bonchev–Trinajstić information content (AvgIpc) is 2.32. The highest BCUT2D eigenvalue weighted by atomic mass is 35.5. The number of morpholine rings is 1. The molecule has 0 aromatic heterocycles. The second-order valence-electron chi connectivity index (χ2n) is 5.73. The Hall–Kier alpha value is -0.970. The van der Waals surface area contributed by atoms with Crippen molar-refractivity contribution in [2.24, 2.45) is 0 Å². The van der Waals surface area contributed by atoms with Crippen LogP contribution in [-0.2, 0) is 4.74 Å². The minimum atomic E-state index is -0.366. The lowest BCUT2D eigenvalue weighted by Gasteiger charge is -2.41. The number of anilines is 1. The SMILES string of the molecule is CC1CN(C(=O)c2cc(Cl)c(N)c(Cl)c2)CC(C)(C)O1. The molecule has 1 aliphatic heterocycles. The third kappa shape index (κ3) is 3.19. The Balaban J connectivity index is 2.27. The Bertz CT molecular complexity index is 523. The maximum Gasteiger partial charge on any atom is 0.254 e. The van der Waals surface area contributed by atoms with Gasteiger partial charge in [0, 0.05) is 18.7 Å². The van der Waals surface area contributed by atoms with Gasteiger partial charge in [0.2, 0.25) is 0 Å². The molecule has 4 nitrogen and oxygen atoms in total. The minimum Gasteiger partial charge on any atom is -0.396 e. The molecule has 1 fully saturated rings.